The van der Waals surface area contributed by atoms with Crippen molar-refractivity contribution in [3.05, 3.63) is 59.4 Å². The minimum atomic E-state index is -1.57. The number of anilines is 1. The van der Waals surface area contributed by atoms with Crippen molar-refractivity contribution in [1.82, 2.24) is 5.32 Å². The summed E-state index contributed by atoms with van der Waals surface area (Å²) in [4.78, 5) is 11.7. The second-order valence-corrected chi connectivity index (χ2v) is 5.02. The molecule has 2 rings (SSSR count). The molecule has 4 nitrogen and oxygen atoms in total. The van der Waals surface area contributed by atoms with Gasteiger partial charge >= 0.3 is 0 Å². The lowest BCUT2D eigenvalue weighted by Crippen LogP contribution is -2.31. The molecule has 24 heavy (non-hydrogen) atoms. The zero-order valence-electron chi connectivity index (χ0n) is 13.0. The third-order valence-electron chi connectivity index (χ3n) is 3.37. The first-order chi connectivity index (χ1) is 11.5. The standard InChI is InChI=1S/C17H17F3N2O2/c1-24-12-4-2-11(3-5-12)8-9-21-15(23)10-22-14-7-6-13(18)16(19)17(14)20/h2-7,22H,8-10H2,1H3,(H,21,23). The molecule has 0 spiro atoms. The monoisotopic (exact) mass is 338 g/mol. The number of hydrogen-bond donors (Lipinski definition) is 2. The van der Waals surface area contributed by atoms with Crippen LogP contribution in [0.2, 0.25) is 0 Å². The van der Waals surface area contributed by atoms with Gasteiger partial charge in [0.25, 0.3) is 0 Å². The summed E-state index contributed by atoms with van der Waals surface area (Å²) >= 11 is 0. The third kappa shape index (κ3) is 4.65. The van der Waals surface area contributed by atoms with Crippen LogP contribution in [0.1, 0.15) is 5.56 Å². The van der Waals surface area contributed by atoms with Crippen LogP contribution < -0.4 is 15.4 Å². The predicted molar refractivity (Wildman–Crippen MR) is 84.5 cm³/mol. The van der Waals surface area contributed by atoms with E-state index in [1.807, 2.05) is 24.3 Å². The number of ether oxygens (including phenoxy) is 1. The Balaban J connectivity index is 1.76. The summed E-state index contributed by atoms with van der Waals surface area (Å²) in [5.41, 5.74) is 0.759. The number of methoxy groups -OCH3 is 1. The molecule has 0 fully saturated rings. The van der Waals surface area contributed by atoms with Crippen LogP contribution in [0.5, 0.6) is 5.75 Å². The molecule has 0 radical (unpaired) electrons. The van der Waals surface area contributed by atoms with E-state index in [0.29, 0.717) is 13.0 Å². The maximum absolute atomic E-state index is 13.4. The van der Waals surface area contributed by atoms with Crippen LogP contribution in [-0.2, 0) is 11.2 Å². The van der Waals surface area contributed by atoms with Crippen LogP contribution >= 0.6 is 0 Å². The van der Waals surface area contributed by atoms with E-state index < -0.39 is 17.5 Å². The first-order valence-corrected chi connectivity index (χ1v) is 7.28. The molecule has 0 aliphatic rings. The van der Waals surface area contributed by atoms with E-state index >= 15 is 0 Å². The molecule has 0 aliphatic heterocycles. The highest BCUT2D eigenvalue weighted by Crippen LogP contribution is 2.19. The molecule has 2 aromatic carbocycles. The molecule has 0 saturated heterocycles. The number of halogens is 3. The van der Waals surface area contributed by atoms with Gasteiger partial charge in [-0.25, -0.2) is 13.2 Å². The lowest BCUT2D eigenvalue weighted by atomic mass is 10.1. The van der Waals surface area contributed by atoms with E-state index in [2.05, 4.69) is 10.6 Å². The number of carbonyl (C=O) groups is 1. The van der Waals surface area contributed by atoms with Crippen molar-refractivity contribution in [2.24, 2.45) is 0 Å². The van der Waals surface area contributed by atoms with Crippen LogP contribution in [0.15, 0.2) is 36.4 Å². The normalized spacial score (nSPS) is 10.3. The van der Waals surface area contributed by atoms with Crippen molar-refractivity contribution in [2.75, 3.05) is 25.5 Å². The highest BCUT2D eigenvalue weighted by atomic mass is 19.2. The highest BCUT2D eigenvalue weighted by molar-refractivity contribution is 5.80. The van der Waals surface area contributed by atoms with Crippen molar-refractivity contribution in [2.45, 2.75) is 6.42 Å². The van der Waals surface area contributed by atoms with Crippen LogP contribution in [0.3, 0.4) is 0 Å². The van der Waals surface area contributed by atoms with Crippen LogP contribution in [-0.4, -0.2) is 26.1 Å². The fraction of sp³-hybridized carbons (Fsp3) is 0.235. The van der Waals surface area contributed by atoms with Gasteiger partial charge in [-0.1, -0.05) is 12.1 Å². The van der Waals surface area contributed by atoms with Gasteiger partial charge in [-0.05, 0) is 36.2 Å². The third-order valence-corrected chi connectivity index (χ3v) is 3.37. The van der Waals surface area contributed by atoms with Gasteiger partial charge in [0, 0.05) is 6.54 Å². The second kappa shape index (κ2) is 8.24. The second-order valence-electron chi connectivity index (χ2n) is 5.02. The topological polar surface area (TPSA) is 50.4 Å². The fourth-order valence-electron chi connectivity index (χ4n) is 2.04. The van der Waals surface area contributed by atoms with Gasteiger partial charge < -0.3 is 15.4 Å². The minimum Gasteiger partial charge on any atom is -0.497 e. The molecule has 128 valence electrons. The van der Waals surface area contributed by atoms with Crippen molar-refractivity contribution in [1.29, 1.82) is 0 Å². The van der Waals surface area contributed by atoms with Crippen LogP contribution in [0.4, 0.5) is 18.9 Å². The molecule has 0 aromatic heterocycles. The maximum atomic E-state index is 13.4. The molecule has 0 aliphatic carbocycles. The Morgan fingerprint density at radius 3 is 2.42 bits per heavy atom. The largest absolute Gasteiger partial charge is 0.497 e. The van der Waals surface area contributed by atoms with Gasteiger partial charge in [-0.3, -0.25) is 4.79 Å². The summed E-state index contributed by atoms with van der Waals surface area (Å²) in [6.45, 7) is 0.151. The summed E-state index contributed by atoms with van der Waals surface area (Å²) in [7, 11) is 1.58. The lowest BCUT2D eigenvalue weighted by Gasteiger charge is -2.09. The molecule has 1 amide bonds. The quantitative estimate of drug-likeness (QED) is 0.763. The Morgan fingerprint density at radius 1 is 1.04 bits per heavy atom. The predicted octanol–water partition coefficient (Wildman–Crippen LogP) is 2.88. The van der Waals surface area contributed by atoms with Crippen LogP contribution in [0.25, 0.3) is 0 Å². The van der Waals surface area contributed by atoms with Crippen molar-refractivity contribution in [3.63, 3.8) is 0 Å². The molecule has 2 aromatic rings. The molecule has 2 N–H and O–H groups in total. The number of carbonyl (C=O) groups excluding carboxylic acids is 1. The maximum Gasteiger partial charge on any atom is 0.239 e. The molecule has 0 heterocycles. The molecule has 7 heteroatoms. The Labute approximate surface area is 137 Å². The zero-order valence-corrected chi connectivity index (χ0v) is 13.0. The van der Waals surface area contributed by atoms with Gasteiger partial charge in [0.15, 0.2) is 17.5 Å². The smallest absolute Gasteiger partial charge is 0.239 e. The lowest BCUT2D eigenvalue weighted by molar-refractivity contribution is -0.119. The summed E-state index contributed by atoms with van der Waals surface area (Å²) < 4.78 is 44.3. The van der Waals surface area contributed by atoms with E-state index in [9.17, 15) is 18.0 Å². The summed E-state index contributed by atoms with van der Waals surface area (Å²) in [6.07, 6.45) is 0.620. The molecule has 0 saturated carbocycles. The summed E-state index contributed by atoms with van der Waals surface area (Å²) in [5.74, 6) is -3.82. The average Bonchev–Trinajstić information content (AvgIpc) is 2.59. The zero-order chi connectivity index (χ0) is 17.5. The minimum absolute atomic E-state index is 0.245. The first-order valence-electron chi connectivity index (χ1n) is 7.28. The Hall–Kier alpha value is -2.70. The Kier molecular flexibility index (Phi) is 6.06. The van der Waals surface area contributed by atoms with E-state index in [1.165, 1.54) is 0 Å². The van der Waals surface area contributed by atoms with Crippen molar-refractivity contribution >= 4 is 11.6 Å². The fourth-order valence-corrected chi connectivity index (χ4v) is 2.04. The number of nitrogens with one attached hydrogen (secondary N) is 2. The van der Waals surface area contributed by atoms with E-state index in [-0.39, 0.29) is 18.1 Å². The Bertz CT molecular complexity index is 706. The van der Waals surface area contributed by atoms with Gasteiger partial charge in [-0.2, -0.15) is 0 Å². The Morgan fingerprint density at radius 2 is 1.75 bits per heavy atom. The highest BCUT2D eigenvalue weighted by Gasteiger charge is 2.13. The van der Waals surface area contributed by atoms with E-state index in [0.717, 1.165) is 23.4 Å². The van der Waals surface area contributed by atoms with E-state index in [1.54, 1.807) is 7.11 Å². The molecule has 0 unspecified atom stereocenters. The van der Waals surface area contributed by atoms with Gasteiger partial charge in [0.2, 0.25) is 5.91 Å². The molecule has 0 atom stereocenters. The molecular formula is C17H17F3N2O2. The number of hydrogen-bond acceptors (Lipinski definition) is 3. The summed E-state index contributed by atoms with van der Waals surface area (Å²) in [5, 5.41) is 5.09. The van der Waals surface area contributed by atoms with E-state index in [4.69, 9.17) is 4.74 Å². The SMILES string of the molecule is COc1ccc(CCNC(=O)CNc2ccc(F)c(F)c2F)cc1. The number of benzene rings is 2. The molecule has 0 bridgehead atoms. The summed E-state index contributed by atoms with van der Waals surface area (Å²) in [6, 6.07) is 9.26. The van der Waals surface area contributed by atoms with Gasteiger partial charge in [-0.15, -0.1) is 0 Å². The average molecular weight is 338 g/mol. The molecular weight excluding hydrogens is 321 g/mol. The van der Waals surface area contributed by atoms with Gasteiger partial charge in [0.05, 0.1) is 19.3 Å². The number of amides is 1. The number of rotatable bonds is 7. The van der Waals surface area contributed by atoms with Crippen LogP contribution in [0, 0.1) is 17.5 Å². The van der Waals surface area contributed by atoms with Crippen molar-refractivity contribution in [3.8, 4) is 5.75 Å². The first kappa shape index (κ1) is 17.7. The van der Waals surface area contributed by atoms with Crippen molar-refractivity contribution < 1.29 is 22.7 Å². The van der Waals surface area contributed by atoms with Gasteiger partial charge in [0.1, 0.15) is 5.75 Å².